The molecule has 1 aromatic carbocycles. The second-order valence-corrected chi connectivity index (χ2v) is 4.52. The lowest BCUT2D eigenvalue weighted by molar-refractivity contribution is -0.132. The van der Waals surface area contributed by atoms with Crippen LogP contribution < -0.4 is 4.74 Å². The fourth-order valence-electron chi connectivity index (χ4n) is 1.59. The van der Waals surface area contributed by atoms with Crippen molar-refractivity contribution in [3.63, 3.8) is 0 Å². The van der Waals surface area contributed by atoms with Gasteiger partial charge in [-0.3, -0.25) is 0 Å². The summed E-state index contributed by atoms with van der Waals surface area (Å²) in [6.07, 6.45) is 2.19. The molecule has 106 valence electrons. The van der Waals surface area contributed by atoms with Gasteiger partial charge in [-0.05, 0) is 32.7 Å². The molecule has 1 rings (SSSR count). The van der Waals surface area contributed by atoms with Crippen molar-refractivity contribution in [1.82, 2.24) is 4.90 Å². The summed E-state index contributed by atoms with van der Waals surface area (Å²) >= 11 is 0. The number of carboxylic acid groups (broad SMARTS) is 1. The average Bonchev–Trinajstić information content (AvgIpc) is 2.41. The van der Waals surface area contributed by atoms with E-state index in [1.807, 2.05) is 20.2 Å². The van der Waals surface area contributed by atoms with Crippen molar-refractivity contribution in [2.45, 2.75) is 6.42 Å². The molecule has 1 N–H and O–H groups in total. The molecule has 0 aliphatic rings. The van der Waals surface area contributed by atoms with Crippen molar-refractivity contribution >= 4 is 12.0 Å². The van der Waals surface area contributed by atoms with E-state index in [9.17, 15) is 4.79 Å². The molecule has 0 aliphatic carbocycles. The number of para-hydroxylation sites is 1. The van der Waals surface area contributed by atoms with Gasteiger partial charge >= 0.3 is 5.97 Å². The number of nitrogens with zero attached hydrogens (tertiary/aromatic N) is 2. The van der Waals surface area contributed by atoms with E-state index in [2.05, 4.69) is 4.90 Å². The van der Waals surface area contributed by atoms with Gasteiger partial charge in [0.25, 0.3) is 0 Å². The van der Waals surface area contributed by atoms with Gasteiger partial charge in [0.2, 0.25) is 0 Å². The van der Waals surface area contributed by atoms with Crippen LogP contribution in [0.2, 0.25) is 0 Å². The van der Waals surface area contributed by atoms with Crippen LogP contribution in [0.25, 0.3) is 6.08 Å². The molecule has 0 amide bonds. The molecule has 0 bridgehead atoms. The van der Waals surface area contributed by atoms with Gasteiger partial charge in [-0.15, -0.1) is 0 Å². The molecule has 0 heterocycles. The van der Waals surface area contributed by atoms with E-state index in [4.69, 9.17) is 15.1 Å². The molecule has 0 saturated heterocycles. The highest BCUT2D eigenvalue weighted by molar-refractivity contribution is 5.96. The summed E-state index contributed by atoms with van der Waals surface area (Å²) in [6, 6.07) is 8.73. The predicted octanol–water partition coefficient (Wildman–Crippen LogP) is 2.01. The summed E-state index contributed by atoms with van der Waals surface area (Å²) in [6.45, 7) is 1.45. The Morgan fingerprint density at radius 1 is 1.45 bits per heavy atom. The van der Waals surface area contributed by atoms with Gasteiger partial charge in [0.05, 0.1) is 6.61 Å². The third-order valence-corrected chi connectivity index (χ3v) is 2.58. The van der Waals surface area contributed by atoms with Gasteiger partial charge in [0.1, 0.15) is 17.4 Å². The number of ether oxygens (including phenoxy) is 1. The lowest BCUT2D eigenvalue weighted by atomic mass is 10.1. The van der Waals surface area contributed by atoms with E-state index < -0.39 is 5.97 Å². The Labute approximate surface area is 118 Å². The number of hydrogen-bond donors (Lipinski definition) is 1. The summed E-state index contributed by atoms with van der Waals surface area (Å²) in [7, 11) is 3.98. The van der Waals surface area contributed by atoms with Gasteiger partial charge in [-0.2, -0.15) is 5.26 Å². The zero-order chi connectivity index (χ0) is 15.0. The second-order valence-electron chi connectivity index (χ2n) is 4.52. The Morgan fingerprint density at radius 2 is 2.15 bits per heavy atom. The van der Waals surface area contributed by atoms with Crippen molar-refractivity contribution in [2.24, 2.45) is 0 Å². The monoisotopic (exact) mass is 274 g/mol. The highest BCUT2D eigenvalue weighted by atomic mass is 16.5. The third-order valence-electron chi connectivity index (χ3n) is 2.58. The van der Waals surface area contributed by atoms with Crippen molar-refractivity contribution in [3.8, 4) is 11.8 Å². The molecule has 0 radical (unpaired) electrons. The first-order valence-electron chi connectivity index (χ1n) is 6.26. The molecular formula is C15H18N2O3. The van der Waals surface area contributed by atoms with Crippen LogP contribution in [0.1, 0.15) is 12.0 Å². The van der Waals surface area contributed by atoms with Crippen LogP contribution in [-0.2, 0) is 4.79 Å². The quantitative estimate of drug-likeness (QED) is 0.468. The second kappa shape index (κ2) is 7.97. The molecule has 0 spiro atoms. The van der Waals surface area contributed by atoms with Gasteiger partial charge in [0.15, 0.2) is 0 Å². The van der Waals surface area contributed by atoms with Crippen LogP contribution >= 0.6 is 0 Å². The Kier molecular flexibility index (Phi) is 6.27. The van der Waals surface area contributed by atoms with Gasteiger partial charge < -0.3 is 14.7 Å². The van der Waals surface area contributed by atoms with Crippen LogP contribution in [-0.4, -0.2) is 43.2 Å². The molecule has 0 saturated carbocycles. The van der Waals surface area contributed by atoms with Crippen molar-refractivity contribution in [1.29, 1.82) is 5.26 Å². The third kappa shape index (κ3) is 5.12. The molecule has 5 nitrogen and oxygen atoms in total. The first-order valence-corrected chi connectivity index (χ1v) is 6.26. The number of carbonyl (C=O) groups is 1. The summed E-state index contributed by atoms with van der Waals surface area (Å²) in [5, 5.41) is 17.6. The minimum Gasteiger partial charge on any atom is -0.493 e. The van der Waals surface area contributed by atoms with E-state index in [1.165, 1.54) is 6.08 Å². The average molecular weight is 274 g/mol. The molecule has 0 unspecified atom stereocenters. The van der Waals surface area contributed by atoms with Gasteiger partial charge in [0, 0.05) is 12.1 Å². The van der Waals surface area contributed by atoms with Gasteiger partial charge in [-0.25, -0.2) is 4.79 Å². The number of benzene rings is 1. The standard InChI is InChI=1S/C15H18N2O3/c1-17(2)8-5-9-20-14-7-4-3-6-12(14)10-13(11-16)15(18)19/h3-4,6-7,10H,5,8-9H2,1-2H3,(H,18,19). The molecule has 0 aliphatic heterocycles. The van der Waals surface area contributed by atoms with Crippen LogP contribution in [0.3, 0.4) is 0 Å². The first kappa shape index (κ1) is 15.7. The van der Waals surface area contributed by atoms with E-state index >= 15 is 0 Å². The van der Waals surface area contributed by atoms with Crippen LogP contribution in [0.5, 0.6) is 5.75 Å². The SMILES string of the molecule is CN(C)CCCOc1ccccc1C=C(C#N)C(=O)O. The maximum absolute atomic E-state index is 10.8. The number of carboxylic acids is 1. The Morgan fingerprint density at radius 3 is 2.75 bits per heavy atom. The lowest BCUT2D eigenvalue weighted by Crippen LogP contribution is -2.15. The highest BCUT2D eigenvalue weighted by Gasteiger charge is 2.08. The number of aliphatic carboxylic acids is 1. The molecule has 0 atom stereocenters. The summed E-state index contributed by atoms with van der Waals surface area (Å²) in [4.78, 5) is 12.9. The fourth-order valence-corrected chi connectivity index (χ4v) is 1.59. The Balaban J connectivity index is 2.78. The number of rotatable bonds is 7. The van der Waals surface area contributed by atoms with Crippen LogP contribution in [0.4, 0.5) is 0 Å². The zero-order valence-electron chi connectivity index (χ0n) is 11.7. The van der Waals surface area contributed by atoms with E-state index in [0.717, 1.165) is 13.0 Å². The minimum absolute atomic E-state index is 0.311. The Hall–Kier alpha value is -2.32. The molecule has 5 heteroatoms. The smallest absolute Gasteiger partial charge is 0.346 e. The predicted molar refractivity (Wildman–Crippen MR) is 76.3 cm³/mol. The topological polar surface area (TPSA) is 73.6 Å². The largest absolute Gasteiger partial charge is 0.493 e. The van der Waals surface area contributed by atoms with Crippen molar-refractivity contribution in [2.75, 3.05) is 27.2 Å². The Bertz CT molecular complexity index is 530. The van der Waals surface area contributed by atoms with Gasteiger partial charge in [-0.1, -0.05) is 18.2 Å². The lowest BCUT2D eigenvalue weighted by Gasteiger charge is -2.12. The molecule has 0 aromatic heterocycles. The van der Waals surface area contributed by atoms with Crippen LogP contribution in [0, 0.1) is 11.3 Å². The molecule has 1 aromatic rings. The highest BCUT2D eigenvalue weighted by Crippen LogP contribution is 2.21. The first-order chi connectivity index (χ1) is 9.54. The molecule has 0 fully saturated rings. The molecular weight excluding hydrogens is 256 g/mol. The van der Waals surface area contributed by atoms with Crippen LogP contribution in [0.15, 0.2) is 29.8 Å². The minimum atomic E-state index is -1.24. The summed E-state index contributed by atoms with van der Waals surface area (Å²) < 4.78 is 5.64. The normalized spacial score (nSPS) is 11.2. The maximum Gasteiger partial charge on any atom is 0.346 e. The van der Waals surface area contributed by atoms with Crippen molar-refractivity contribution in [3.05, 3.63) is 35.4 Å². The molecule has 20 heavy (non-hydrogen) atoms. The van der Waals surface area contributed by atoms with E-state index in [1.54, 1.807) is 24.3 Å². The van der Waals surface area contributed by atoms with Crippen molar-refractivity contribution < 1.29 is 14.6 Å². The summed E-state index contributed by atoms with van der Waals surface area (Å²) in [5.74, 6) is -0.657. The van der Waals surface area contributed by atoms with E-state index in [-0.39, 0.29) is 5.57 Å². The summed E-state index contributed by atoms with van der Waals surface area (Å²) in [5.41, 5.74) is 0.283. The number of hydrogen-bond acceptors (Lipinski definition) is 4. The number of nitriles is 1. The van der Waals surface area contributed by atoms with E-state index in [0.29, 0.717) is 17.9 Å². The fraction of sp³-hybridized carbons (Fsp3) is 0.333. The maximum atomic E-state index is 10.8. The zero-order valence-corrected chi connectivity index (χ0v) is 11.7.